The summed E-state index contributed by atoms with van der Waals surface area (Å²) in [5, 5.41) is 10.9. The summed E-state index contributed by atoms with van der Waals surface area (Å²) in [5.41, 5.74) is 10.6. The molecule has 1 amide bonds. The van der Waals surface area contributed by atoms with Gasteiger partial charge in [-0.3, -0.25) is 9.69 Å². The van der Waals surface area contributed by atoms with E-state index in [0.717, 1.165) is 67.1 Å². The molecule has 0 aliphatic carbocycles. The Hall–Kier alpha value is -4.43. The van der Waals surface area contributed by atoms with Gasteiger partial charge in [-0.05, 0) is 67.1 Å². The average molecular weight is 563 g/mol. The van der Waals surface area contributed by atoms with Crippen molar-refractivity contribution in [3.8, 4) is 5.75 Å². The summed E-state index contributed by atoms with van der Waals surface area (Å²) in [5.74, 6) is 2.31. The second kappa shape index (κ2) is 12.6. The molecule has 0 bridgehead atoms. The van der Waals surface area contributed by atoms with Crippen LogP contribution in [0.25, 0.3) is 10.9 Å². The van der Waals surface area contributed by atoms with Crippen molar-refractivity contribution >= 4 is 16.8 Å². The van der Waals surface area contributed by atoms with Crippen LogP contribution >= 0.6 is 0 Å². The molecule has 5 aromatic rings. The number of carbonyl (C=O) groups excluding carboxylic acids is 1. The van der Waals surface area contributed by atoms with Crippen molar-refractivity contribution in [1.29, 1.82) is 0 Å². The van der Waals surface area contributed by atoms with E-state index in [-0.39, 0.29) is 17.9 Å². The Morgan fingerprint density at radius 1 is 1.00 bits per heavy atom. The van der Waals surface area contributed by atoms with Crippen molar-refractivity contribution < 1.29 is 9.53 Å². The molecule has 1 fully saturated rings. The highest BCUT2D eigenvalue weighted by atomic mass is 16.5. The number of nitrogens with zero attached hydrogens (tertiary/aromatic N) is 4. The summed E-state index contributed by atoms with van der Waals surface area (Å²) in [4.78, 5) is 18.1. The van der Waals surface area contributed by atoms with Crippen LogP contribution in [0.4, 0.5) is 0 Å². The summed E-state index contributed by atoms with van der Waals surface area (Å²) in [6, 6.07) is 27.0. The lowest BCUT2D eigenvalue weighted by Crippen LogP contribution is -2.44. The quantitative estimate of drug-likeness (QED) is 0.234. The third-order valence-corrected chi connectivity index (χ3v) is 8.52. The Labute approximate surface area is 246 Å². The Balaban J connectivity index is 1.40. The third-order valence-electron chi connectivity index (χ3n) is 8.52. The topological polar surface area (TPSA) is 102 Å². The molecule has 42 heavy (non-hydrogen) atoms. The lowest BCUT2D eigenvalue weighted by molar-refractivity contribution is -0.123. The molecule has 3 heterocycles. The molecular weight excluding hydrogens is 524 g/mol. The zero-order valence-electron chi connectivity index (χ0n) is 24.1. The number of nitrogens with one attached hydrogen (secondary N) is 1. The van der Waals surface area contributed by atoms with Gasteiger partial charge in [0.25, 0.3) is 0 Å². The first-order valence-corrected chi connectivity index (χ1v) is 14.8. The molecule has 216 valence electrons. The van der Waals surface area contributed by atoms with E-state index in [2.05, 4.69) is 75.2 Å². The zero-order valence-corrected chi connectivity index (χ0v) is 24.1. The maximum Gasteiger partial charge on any atom is 0.221 e. The second-order valence-electron chi connectivity index (χ2n) is 11.2. The molecule has 0 radical (unpaired) electrons. The molecule has 0 unspecified atom stereocenters. The maximum atomic E-state index is 12.3. The number of amides is 1. The van der Waals surface area contributed by atoms with Gasteiger partial charge in [0.15, 0.2) is 5.82 Å². The van der Waals surface area contributed by atoms with Gasteiger partial charge < -0.3 is 20.0 Å². The van der Waals surface area contributed by atoms with E-state index in [1.165, 1.54) is 16.5 Å². The zero-order chi connectivity index (χ0) is 28.9. The number of carbonyl (C=O) groups is 1. The minimum Gasteiger partial charge on any atom is -0.497 e. The van der Waals surface area contributed by atoms with Gasteiger partial charge in [-0.25, -0.2) is 0 Å². The summed E-state index contributed by atoms with van der Waals surface area (Å²) in [6.45, 7) is 2.15. The lowest BCUT2D eigenvalue weighted by Gasteiger charge is -2.37. The molecule has 1 aliphatic rings. The molecule has 2 aromatic heterocycles. The van der Waals surface area contributed by atoms with E-state index in [1.54, 1.807) is 7.11 Å². The summed E-state index contributed by atoms with van der Waals surface area (Å²) < 4.78 is 7.69. The number of likely N-dealkylation sites (tertiary alicyclic amines) is 1. The highest BCUT2D eigenvalue weighted by molar-refractivity contribution is 5.83. The van der Waals surface area contributed by atoms with E-state index in [1.807, 2.05) is 24.3 Å². The fourth-order valence-corrected chi connectivity index (χ4v) is 6.18. The minimum absolute atomic E-state index is 0.0671. The number of aryl methyl sites for hydroxylation is 2. The molecule has 8 nitrogen and oxygen atoms in total. The number of para-hydroxylation sites is 1. The number of aromatic nitrogens is 4. The fraction of sp³-hybridized carbons (Fsp3) is 0.324. The van der Waals surface area contributed by atoms with Gasteiger partial charge in [0.2, 0.25) is 5.91 Å². The maximum absolute atomic E-state index is 12.3. The van der Waals surface area contributed by atoms with Gasteiger partial charge in [0.05, 0.1) is 25.6 Å². The predicted octanol–water partition coefficient (Wildman–Crippen LogP) is 5.08. The predicted molar refractivity (Wildman–Crippen MR) is 164 cm³/mol. The third kappa shape index (κ3) is 6.09. The Morgan fingerprint density at radius 3 is 2.57 bits per heavy atom. The number of H-pyrrole nitrogens is 1. The molecule has 2 atom stereocenters. The van der Waals surface area contributed by atoms with Crippen molar-refractivity contribution in [2.75, 3.05) is 20.2 Å². The van der Waals surface area contributed by atoms with Crippen LogP contribution in [0.5, 0.6) is 5.75 Å². The smallest absolute Gasteiger partial charge is 0.221 e. The number of fused-ring (bicyclic) bond motifs is 1. The Kier molecular flexibility index (Phi) is 8.33. The summed E-state index contributed by atoms with van der Waals surface area (Å²) >= 11 is 0. The molecule has 0 saturated carbocycles. The van der Waals surface area contributed by atoms with Crippen molar-refractivity contribution in [3.63, 3.8) is 0 Å². The number of ether oxygens (including phenoxy) is 1. The molecule has 6 rings (SSSR count). The largest absolute Gasteiger partial charge is 0.497 e. The minimum atomic E-state index is -0.228. The number of aromatic amines is 1. The van der Waals surface area contributed by atoms with E-state index < -0.39 is 0 Å². The van der Waals surface area contributed by atoms with E-state index >= 15 is 0 Å². The van der Waals surface area contributed by atoms with Crippen molar-refractivity contribution in [1.82, 2.24) is 24.6 Å². The monoisotopic (exact) mass is 562 g/mol. The van der Waals surface area contributed by atoms with Gasteiger partial charge in [-0.2, -0.15) is 0 Å². The van der Waals surface area contributed by atoms with Crippen molar-refractivity contribution in [2.24, 2.45) is 11.7 Å². The van der Waals surface area contributed by atoms with Crippen LogP contribution in [0.15, 0.2) is 85.1 Å². The molecule has 3 aromatic carbocycles. The van der Waals surface area contributed by atoms with Crippen LogP contribution in [0.1, 0.15) is 47.2 Å². The van der Waals surface area contributed by atoms with E-state index in [0.29, 0.717) is 13.1 Å². The SMILES string of the molecule is COc1ccc(Cn2c(CCc3ccccc3)nnc2[C@@H](Cc2c[nH]c3ccccc23)N2CCC[C@@H](C(N)=O)C2)cc1. The molecule has 0 spiro atoms. The van der Waals surface area contributed by atoms with Crippen LogP contribution in [0, 0.1) is 5.92 Å². The van der Waals surface area contributed by atoms with Crippen LogP contribution in [0.3, 0.4) is 0 Å². The van der Waals surface area contributed by atoms with Crippen LogP contribution in [-0.2, 0) is 30.6 Å². The highest BCUT2D eigenvalue weighted by Crippen LogP contribution is 2.32. The summed E-state index contributed by atoms with van der Waals surface area (Å²) in [6.07, 6.45) is 6.25. The van der Waals surface area contributed by atoms with Gasteiger partial charge in [0.1, 0.15) is 11.6 Å². The van der Waals surface area contributed by atoms with E-state index in [4.69, 9.17) is 20.7 Å². The number of rotatable bonds is 11. The number of hydrogen-bond acceptors (Lipinski definition) is 5. The fourth-order valence-electron chi connectivity index (χ4n) is 6.18. The number of primary amides is 1. The first-order chi connectivity index (χ1) is 20.6. The Bertz CT molecular complexity index is 1630. The average Bonchev–Trinajstić information content (AvgIpc) is 3.63. The van der Waals surface area contributed by atoms with Gasteiger partial charge >= 0.3 is 0 Å². The van der Waals surface area contributed by atoms with Gasteiger partial charge in [-0.15, -0.1) is 10.2 Å². The highest BCUT2D eigenvalue weighted by Gasteiger charge is 2.33. The molecule has 1 aliphatic heterocycles. The van der Waals surface area contributed by atoms with Gasteiger partial charge in [0, 0.05) is 30.1 Å². The first-order valence-electron chi connectivity index (χ1n) is 14.8. The number of benzene rings is 3. The van der Waals surface area contributed by atoms with Crippen molar-refractivity contribution in [2.45, 2.75) is 44.7 Å². The molecular formula is C34H38N6O2. The van der Waals surface area contributed by atoms with Gasteiger partial charge in [-0.1, -0.05) is 60.7 Å². The van der Waals surface area contributed by atoms with Crippen LogP contribution < -0.4 is 10.5 Å². The second-order valence-corrected chi connectivity index (χ2v) is 11.2. The normalized spacial score (nSPS) is 16.5. The number of nitrogens with two attached hydrogens (primary N) is 1. The molecule has 3 N–H and O–H groups in total. The van der Waals surface area contributed by atoms with Crippen LogP contribution in [0.2, 0.25) is 0 Å². The summed E-state index contributed by atoms with van der Waals surface area (Å²) in [7, 11) is 1.68. The molecule has 8 heteroatoms. The number of hydrogen-bond donors (Lipinski definition) is 2. The lowest BCUT2D eigenvalue weighted by atomic mass is 9.94. The Morgan fingerprint density at radius 2 is 1.79 bits per heavy atom. The van der Waals surface area contributed by atoms with E-state index in [9.17, 15) is 4.79 Å². The standard InChI is InChI=1S/C34H38N6O2/c1-42-28-16-13-25(14-17-28)22-40-32(18-15-24-8-3-2-4-9-24)37-38-34(40)31(39-19-7-10-26(23-39)33(35)41)20-27-21-36-30-12-6-5-11-29(27)30/h2-6,8-9,11-14,16-17,21,26,31,36H,7,10,15,18-20,22-23H2,1H3,(H2,35,41)/t26-,31-/m1/s1. The number of piperidine rings is 1. The first kappa shape index (κ1) is 27.7. The number of methoxy groups -OCH3 is 1. The van der Waals surface area contributed by atoms with Crippen molar-refractivity contribution in [3.05, 3.63) is 113 Å². The van der Waals surface area contributed by atoms with Crippen LogP contribution in [-0.4, -0.2) is 50.8 Å². The molecule has 1 saturated heterocycles.